The summed E-state index contributed by atoms with van der Waals surface area (Å²) in [5, 5.41) is 33.4. The van der Waals surface area contributed by atoms with Crippen molar-refractivity contribution in [3.63, 3.8) is 0 Å². The van der Waals surface area contributed by atoms with Gasteiger partial charge in [-0.05, 0) is 38.5 Å². The largest absolute Gasteiger partial charge is 0.394 e. The Balaban J connectivity index is 3.56. The average Bonchev–Trinajstić information content (AvgIpc) is 3.20. The van der Waals surface area contributed by atoms with Crippen molar-refractivity contribution in [2.24, 2.45) is 0 Å². The molecule has 0 fully saturated rings. The van der Waals surface area contributed by atoms with E-state index in [4.69, 9.17) is 0 Å². The van der Waals surface area contributed by atoms with E-state index in [1.807, 2.05) is 0 Å². The van der Waals surface area contributed by atoms with Gasteiger partial charge in [0, 0.05) is 0 Å². The third-order valence-electron chi connectivity index (χ3n) is 11.9. The zero-order valence-electron chi connectivity index (χ0n) is 37.8. The molecule has 0 aliphatic carbocycles. The molecule has 0 aromatic rings. The van der Waals surface area contributed by atoms with Gasteiger partial charge in [-0.2, -0.15) is 0 Å². The molecule has 0 radical (unpaired) electrons. The van der Waals surface area contributed by atoms with Crippen LogP contribution >= 0.6 is 0 Å². The highest BCUT2D eigenvalue weighted by Gasteiger charge is 2.23. The summed E-state index contributed by atoms with van der Waals surface area (Å²) in [6, 6.07) is -0.713. The van der Waals surface area contributed by atoms with Crippen molar-refractivity contribution in [1.29, 1.82) is 0 Å². The number of nitrogens with one attached hydrogen (secondary N) is 1. The van der Waals surface area contributed by atoms with E-state index in [0.717, 1.165) is 32.1 Å². The molecule has 332 valence electrons. The second-order valence-electron chi connectivity index (χ2n) is 17.4. The van der Waals surface area contributed by atoms with Crippen LogP contribution in [0.25, 0.3) is 0 Å². The van der Waals surface area contributed by atoms with Gasteiger partial charge >= 0.3 is 0 Å². The lowest BCUT2D eigenvalue weighted by molar-refractivity contribution is -0.131. The van der Waals surface area contributed by atoms with Gasteiger partial charge in [0.05, 0.1) is 18.8 Å². The van der Waals surface area contributed by atoms with E-state index in [0.29, 0.717) is 12.8 Å². The van der Waals surface area contributed by atoms with Gasteiger partial charge in [-0.25, -0.2) is 0 Å². The summed E-state index contributed by atoms with van der Waals surface area (Å²) >= 11 is 0. The molecule has 56 heavy (non-hydrogen) atoms. The maximum Gasteiger partial charge on any atom is 0.249 e. The van der Waals surface area contributed by atoms with Gasteiger partial charge in [-0.1, -0.05) is 256 Å². The second-order valence-corrected chi connectivity index (χ2v) is 17.4. The summed E-state index contributed by atoms with van der Waals surface area (Å²) in [4.78, 5) is 12.5. The van der Waals surface area contributed by atoms with Gasteiger partial charge in [0.25, 0.3) is 0 Å². The van der Waals surface area contributed by atoms with Crippen molar-refractivity contribution < 1.29 is 20.1 Å². The molecule has 0 heterocycles. The Hall–Kier alpha value is -1.17. The highest BCUT2D eigenvalue weighted by molar-refractivity contribution is 5.80. The van der Waals surface area contributed by atoms with E-state index in [1.54, 1.807) is 0 Å². The maximum absolute atomic E-state index is 12.5. The molecule has 0 aromatic heterocycles. The molecule has 0 aliphatic rings. The molecule has 4 N–H and O–H groups in total. The molecule has 1 amide bonds. The molecular weight excluding hydrogens is 691 g/mol. The minimum Gasteiger partial charge on any atom is -0.394 e. The summed E-state index contributed by atoms with van der Waals surface area (Å²) in [6.07, 6.45) is 57.7. The summed E-state index contributed by atoms with van der Waals surface area (Å²) in [5.74, 6) is -0.472. The first kappa shape index (κ1) is 54.8. The molecular formula is C51H99NO4. The lowest BCUT2D eigenvalue weighted by Gasteiger charge is -2.23. The number of hydrogen-bond donors (Lipinski definition) is 4. The van der Waals surface area contributed by atoms with Crippen LogP contribution in [-0.4, -0.2) is 46.1 Å². The Kier molecular flexibility index (Phi) is 45.5. The summed E-state index contributed by atoms with van der Waals surface area (Å²) in [6.45, 7) is 4.22. The summed E-state index contributed by atoms with van der Waals surface area (Å²) in [7, 11) is 0. The minimum atomic E-state index is -1.08. The van der Waals surface area contributed by atoms with Crippen molar-refractivity contribution in [3.8, 4) is 0 Å². The van der Waals surface area contributed by atoms with Crippen molar-refractivity contribution in [3.05, 3.63) is 24.3 Å². The molecule has 3 atom stereocenters. The number of carbonyl (C=O) groups is 1. The monoisotopic (exact) mass is 790 g/mol. The minimum absolute atomic E-state index is 0.313. The third-order valence-corrected chi connectivity index (χ3v) is 11.9. The molecule has 0 aromatic carbocycles. The van der Waals surface area contributed by atoms with Crippen LogP contribution in [-0.2, 0) is 4.79 Å². The molecule has 0 saturated heterocycles. The number of hydrogen-bond acceptors (Lipinski definition) is 4. The van der Waals surface area contributed by atoms with Crippen molar-refractivity contribution in [1.82, 2.24) is 5.32 Å². The van der Waals surface area contributed by atoms with Crippen LogP contribution in [0.4, 0.5) is 0 Å². The quantitative estimate of drug-likeness (QED) is 0.0365. The number of rotatable bonds is 46. The number of amides is 1. The summed E-state index contributed by atoms with van der Waals surface area (Å²) < 4.78 is 0. The topological polar surface area (TPSA) is 89.8 Å². The van der Waals surface area contributed by atoms with Gasteiger partial charge in [0.1, 0.15) is 6.10 Å². The predicted molar refractivity (Wildman–Crippen MR) is 245 cm³/mol. The first-order valence-corrected chi connectivity index (χ1v) is 25.2. The lowest BCUT2D eigenvalue weighted by Crippen LogP contribution is -2.49. The van der Waals surface area contributed by atoms with Gasteiger partial charge in [0.15, 0.2) is 0 Å². The maximum atomic E-state index is 12.5. The Morgan fingerprint density at radius 2 is 0.714 bits per heavy atom. The first-order valence-electron chi connectivity index (χ1n) is 25.2. The van der Waals surface area contributed by atoms with Crippen molar-refractivity contribution in [2.45, 2.75) is 289 Å². The standard InChI is InChI=1S/C51H99NO4/c1-3-5-7-9-11-13-15-17-19-21-23-24-25-26-27-28-30-31-33-35-37-39-41-43-45-49(54)48(47-53)52-51(56)50(55)46-44-42-40-38-36-34-32-29-22-20-18-16-14-12-10-8-6-4-2/h12,14,16,18,48-50,53-55H,3-11,13,15,17,19-47H2,1-2H3,(H,52,56)/b14-12-,18-16-. The Labute approximate surface area is 350 Å². The van der Waals surface area contributed by atoms with E-state index in [-0.39, 0.29) is 6.61 Å². The predicted octanol–water partition coefficient (Wildman–Crippen LogP) is 14.9. The van der Waals surface area contributed by atoms with E-state index < -0.39 is 24.2 Å². The number of unbranched alkanes of at least 4 members (excludes halogenated alkanes) is 35. The molecule has 0 saturated carbocycles. The average molecular weight is 790 g/mol. The van der Waals surface area contributed by atoms with Crippen molar-refractivity contribution in [2.75, 3.05) is 6.61 Å². The SMILES string of the molecule is CCCCC/C=C\C=C/CCCCCCCCCCCC(O)C(=O)NC(CO)C(O)CCCCCCCCCCCCCCCCCCCCCCCCCC. The van der Waals surface area contributed by atoms with Crippen LogP contribution < -0.4 is 5.32 Å². The zero-order chi connectivity index (χ0) is 40.8. The van der Waals surface area contributed by atoms with E-state index >= 15 is 0 Å². The highest BCUT2D eigenvalue weighted by Crippen LogP contribution is 2.17. The molecule has 0 spiro atoms. The van der Waals surface area contributed by atoms with Crippen LogP contribution in [0.3, 0.4) is 0 Å². The van der Waals surface area contributed by atoms with E-state index in [9.17, 15) is 20.1 Å². The number of aliphatic hydroxyl groups excluding tert-OH is 3. The fourth-order valence-corrected chi connectivity index (χ4v) is 7.89. The van der Waals surface area contributed by atoms with Crippen LogP contribution in [0.5, 0.6) is 0 Å². The number of allylic oxidation sites excluding steroid dienone is 4. The Morgan fingerprint density at radius 3 is 1.07 bits per heavy atom. The number of aliphatic hydroxyl groups is 3. The Morgan fingerprint density at radius 1 is 0.429 bits per heavy atom. The lowest BCUT2D eigenvalue weighted by atomic mass is 10.0. The fourth-order valence-electron chi connectivity index (χ4n) is 7.89. The smallest absolute Gasteiger partial charge is 0.249 e. The molecule has 3 unspecified atom stereocenters. The van der Waals surface area contributed by atoms with Crippen LogP contribution in [0.15, 0.2) is 24.3 Å². The van der Waals surface area contributed by atoms with Crippen LogP contribution in [0.1, 0.15) is 271 Å². The molecule has 5 nitrogen and oxygen atoms in total. The van der Waals surface area contributed by atoms with Gasteiger partial charge in [-0.15, -0.1) is 0 Å². The molecule has 0 aliphatic heterocycles. The van der Waals surface area contributed by atoms with Crippen LogP contribution in [0.2, 0.25) is 0 Å². The normalized spacial score (nSPS) is 13.6. The second kappa shape index (κ2) is 46.5. The summed E-state index contributed by atoms with van der Waals surface area (Å²) in [5.41, 5.74) is 0. The number of carbonyl (C=O) groups excluding carboxylic acids is 1. The molecule has 0 bridgehead atoms. The zero-order valence-corrected chi connectivity index (χ0v) is 37.8. The van der Waals surface area contributed by atoms with E-state index in [1.165, 1.54) is 212 Å². The van der Waals surface area contributed by atoms with E-state index in [2.05, 4.69) is 43.5 Å². The Bertz CT molecular complexity index is 829. The van der Waals surface area contributed by atoms with Crippen LogP contribution in [0, 0.1) is 0 Å². The van der Waals surface area contributed by atoms with Crippen molar-refractivity contribution >= 4 is 5.91 Å². The highest BCUT2D eigenvalue weighted by atomic mass is 16.3. The molecule has 0 rings (SSSR count). The third kappa shape index (κ3) is 41.0. The first-order chi connectivity index (χ1) is 27.6. The van der Waals surface area contributed by atoms with Gasteiger partial charge in [0.2, 0.25) is 5.91 Å². The molecule has 5 heteroatoms. The van der Waals surface area contributed by atoms with Gasteiger partial charge in [-0.3, -0.25) is 4.79 Å². The fraction of sp³-hybridized carbons (Fsp3) is 0.902. The van der Waals surface area contributed by atoms with Gasteiger partial charge < -0.3 is 20.6 Å².